The SMILES string of the molecule is COc1ccc(NC(=O)c2ccc(-c3ccc(Br)cc3)s2)c(OC)c1. The number of methoxy groups -OCH3 is 2. The maximum atomic E-state index is 12.5. The van der Waals surface area contributed by atoms with Crippen LogP contribution in [0.25, 0.3) is 10.4 Å². The van der Waals surface area contributed by atoms with Gasteiger partial charge in [0.05, 0.1) is 24.8 Å². The maximum Gasteiger partial charge on any atom is 0.265 e. The summed E-state index contributed by atoms with van der Waals surface area (Å²) in [5, 5.41) is 2.89. The summed E-state index contributed by atoms with van der Waals surface area (Å²) in [6, 6.07) is 17.1. The smallest absolute Gasteiger partial charge is 0.265 e. The second-order valence-corrected chi connectivity index (χ2v) is 7.19. The molecule has 6 heteroatoms. The molecule has 0 fully saturated rings. The van der Waals surface area contributed by atoms with Gasteiger partial charge < -0.3 is 14.8 Å². The molecule has 0 unspecified atom stereocenters. The molecular weight excluding hydrogens is 402 g/mol. The normalized spacial score (nSPS) is 10.4. The number of ether oxygens (including phenoxy) is 2. The minimum atomic E-state index is -0.170. The fourth-order valence-corrected chi connectivity index (χ4v) is 3.49. The summed E-state index contributed by atoms with van der Waals surface area (Å²) in [6.45, 7) is 0. The highest BCUT2D eigenvalue weighted by Crippen LogP contribution is 2.32. The largest absolute Gasteiger partial charge is 0.497 e. The van der Waals surface area contributed by atoms with Crippen molar-refractivity contribution in [2.45, 2.75) is 0 Å². The second kappa shape index (κ2) is 7.72. The lowest BCUT2D eigenvalue weighted by Crippen LogP contribution is -2.11. The molecule has 0 radical (unpaired) electrons. The van der Waals surface area contributed by atoms with Crippen molar-refractivity contribution >= 4 is 38.9 Å². The van der Waals surface area contributed by atoms with E-state index < -0.39 is 0 Å². The quantitative estimate of drug-likeness (QED) is 0.600. The van der Waals surface area contributed by atoms with Crippen LogP contribution in [0.3, 0.4) is 0 Å². The van der Waals surface area contributed by atoms with Crippen LogP contribution in [-0.4, -0.2) is 20.1 Å². The Hall–Kier alpha value is -2.31. The molecule has 3 aromatic rings. The Morgan fingerprint density at radius 3 is 2.44 bits per heavy atom. The molecule has 25 heavy (non-hydrogen) atoms. The van der Waals surface area contributed by atoms with Crippen LogP contribution in [0.15, 0.2) is 59.1 Å². The van der Waals surface area contributed by atoms with Crippen molar-refractivity contribution < 1.29 is 14.3 Å². The zero-order valence-electron chi connectivity index (χ0n) is 13.7. The van der Waals surface area contributed by atoms with Crippen LogP contribution in [-0.2, 0) is 0 Å². The number of halogens is 1. The Balaban J connectivity index is 1.79. The van der Waals surface area contributed by atoms with E-state index in [0.29, 0.717) is 22.1 Å². The molecule has 0 aliphatic rings. The predicted molar refractivity (Wildman–Crippen MR) is 105 cm³/mol. The molecule has 0 spiro atoms. The first-order valence-corrected chi connectivity index (χ1v) is 9.11. The van der Waals surface area contributed by atoms with Gasteiger partial charge in [0, 0.05) is 15.4 Å². The Bertz CT molecular complexity index is 890. The lowest BCUT2D eigenvalue weighted by molar-refractivity contribution is 0.103. The summed E-state index contributed by atoms with van der Waals surface area (Å²) in [7, 11) is 3.14. The average molecular weight is 418 g/mol. The number of nitrogens with one attached hydrogen (secondary N) is 1. The molecular formula is C19H16BrNO3S. The van der Waals surface area contributed by atoms with Gasteiger partial charge in [0.15, 0.2) is 0 Å². The summed E-state index contributed by atoms with van der Waals surface area (Å²) in [5.41, 5.74) is 1.68. The van der Waals surface area contributed by atoms with Crippen molar-refractivity contribution in [2.75, 3.05) is 19.5 Å². The molecule has 1 heterocycles. The van der Waals surface area contributed by atoms with Crippen LogP contribution >= 0.6 is 27.3 Å². The molecule has 4 nitrogen and oxygen atoms in total. The molecule has 1 N–H and O–H groups in total. The number of carbonyl (C=O) groups is 1. The van der Waals surface area contributed by atoms with E-state index in [1.54, 1.807) is 32.4 Å². The monoisotopic (exact) mass is 417 g/mol. The molecule has 1 amide bonds. The van der Waals surface area contributed by atoms with Crippen molar-refractivity contribution in [3.05, 3.63) is 63.9 Å². The van der Waals surface area contributed by atoms with Gasteiger partial charge >= 0.3 is 0 Å². The zero-order valence-corrected chi connectivity index (χ0v) is 16.1. The van der Waals surface area contributed by atoms with Crippen molar-refractivity contribution in [3.8, 4) is 21.9 Å². The van der Waals surface area contributed by atoms with Gasteiger partial charge in [0.2, 0.25) is 0 Å². The van der Waals surface area contributed by atoms with Crippen molar-refractivity contribution in [1.29, 1.82) is 0 Å². The standard InChI is InChI=1S/C19H16BrNO3S/c1-23-14-7-8-15(16(11-14)24-2)21-19(22)18-10-9-17(25-18)12-3-5-13(20)6-4-12/h3-11H,1-2H3,(H,21,22). The molecule has 0 aliphatic carbocycles. The van der Waals surface area contributed by atoms with Crippen LogP contribution in [0.1, 0.15) is 9.67 Å². The van der Waals surface area contributed by atoms with E-state index in [9.17, 15) is 4.79 Å². The van der Waals surface area contributed by atoms with E-state index >= 15 is 0 Å². The van der Waals surface area contributed by atoms with E-state index in [1.165, 1.54) is 11.3 Å². The molecule has 0 atom stereocenters. The number of benzene rings is 2. The highest BCUT2D eigenvalue weighted by atomic mass is 79.9. The number of rotatable bonds is 5. The van der Waals surface area contributed by atoms with Crippen LogP contribution in [0, 0.1) is 0 Å². The first-order chi connectivity index (χ1) is 12.1. The number of hydrogen-bond donors (Lipinski definition) is 1. The van der Waals surface area contributed by atoms with Gasteiger partial charge in [-0.15, -0.1) is 11.3 Å². The molecule has 3 rings (SSSR count). The minimum Gasteiger partial charge on any atom is -0.497 e. The highest BCUT2D eigenvalue weighted by Gasteiger charge is 2.13. The minimum absolute atomic E-state index is 0.170. The first-order valence-electron chi connectivity index (χ1n) is 7.50. The van der Waals surface area contributed by atoms with Crippen LogP contribution in [0.4, 0.5) is 5.69 Å². The Morgan fingerprint density at radius 1 is 1.00 bits per heavy atom. The van der Waals surface area contributed by atoms with Gasteiger partial charge in [0.1, 0.15) is 11.5 Å². The van der Waals surface area contributed by atoms with E-state index in [0.717, 1.165) is 14.9 Å². The van der Waals surface area contributed by atoms with E-state index in [4.69, 9.17) is 9.47 Å². The number of thiophene rings is 1. The summed E-state index contributed by atoms with van der Waals surface area (Å²) in [5.74, 6) is 1.05. The van der Waals surface area contributed by atoms with Gasteiger partial charge in [-0.2, -0.15) is 0 Å². The molecule has 0 saturated heterocycles. The van der Waals surface area contributed by atoms with E-state index in [-0.39, 0.29) is 5.91 Å². The number of hydrogen-bond acceptors (Lipinski definition) is 4. The summed E-state index contributed by atoms with van der Waals surface area (Å²) in [6.07, 6.45) is 0. The summed E-state index contributed by atoms with van der Waals surface area (Å²) >= 11 is 4.87. The Labute approximate surface area is 158 Å². The van der Waals surface area contributed by atoms with E-state index in [2.05, 4.69) is 21.2 Å². The van der Waals surface area contributed by atoms with Crippen LogP contribution < -0.4 is 14.8 Å². The number of carbonyl (C=O) groups excluding carboxylic acids is 1. The summed E-state index contributed by atoms with van der Waals surface area (Å²) < 4.78 is 11.5. The fourth-order valence-electron chi connectivity index (χ4n) is 2.31. The van der Waals surface area contributed by atoms with Crippen molar-refractivity contribution in [1.82, 2.24) is 0 Å². The summed E-state index contributed by atoms with van der Waals surface area (Å²) in [4.78, 5) is 14.2. The Kier molecular flexibility index (Phi) is 5.40. The molecule has 2 aromatic carbocycles. The molecule has 0 saturated carbocycles. The fraction of sp³-hybridized carbons (Fsp3) is 0.105. The molecule has 0 bridgehead atoms. The third kappa shape index (κ3) is 4.03. The van der Waals surface area contributed by atoms with Crippen molar-refractivity contribution in [3.63, 3.8) is 0 Å². The molecule has 0 aliphatic heterocycles. The average Bonchev–Trinajstić information content (AvgIpc) is 3.13. The van der Waals surface area contributed by atoms with Crippen LogP contribution in [0.2, 0.25) is 0 Å². The zero-order chi connectivity index (χ0) is 17.8. The maximum absolute atomic E-state index is 12.5. The topological polar surface area (TPSA) is 47.6 Å². The molecule has 1 aromatic heterocycles. The lowest BCUT2D eigenvalue weighted by Gasteiger charge is -2.11. The van der Waals surface area contributed by atoms with Gasteiger partial charge in [-0.05, 0) is 42.0 Å². The molecule has 128 valence electrons. The van der Waals surface area contributed by atoms with Gasteiger partial charge in [-0.1, -0.05) is 28.1 Å². The van der Waals surface area contributed by atoms with E-state index in [1.807, 2.05) is 36.4 Å². The lowest BCUT2D eigenvalue weighted by atomic mass is 10.2. The van der Waals surface area contributed by atoms with Crippen molar-refractivity contribution in [2.24, 2.45) is 0 Å². The number of anilines is 1. The van der Waals surface area contributed by atoms with Gasteiger partial charge in [0.25, 0.3) is 5.91 Å². The van der Waals surface area contributed by atoms with Crippen LogP contribution in [0.5, 0.6) is 11.5 Å². The first kappa shape index (κ1) is 17.5. The highest BCUT2D eigenvalue weighted by molar-refractivity contribution is 9.10. The predicted octanol–water partition coefficient (Wildman–Crippen LogP) is 5.45. The second-order valence-electron chi connectivity index (χ2n) is 5.19. The number of amides is 1. The van der Waals surface area contributed by atoms with Gasteiger partial charge in [-0.25, -0.2) is 0 Å². The Morgan fingerprint density at radius 2 is 1.76 bits per heavy atom. The third-order valence-corrected chi connectivity index (χ3v) is 5.28. The van der Waals surface area contributed by atoms with Gasteiger partial charge in [-0.3, -0.25) is 4.79 Å². The third-order valence-electron chi connectivity index (χ3n) is 3.62.